The lowest BCUT2D eigenvalue weighted by atomic mass is 9.97. The molecule has 2 aromatic rings. The second-order valence-electron chi connectivity index (χ2n) is 6.30. The highest BCUT2D eigenvalue weighted by Crippen LogP contribution is 2.27. The highest BCUT2D eigenvalue weighted by atomic mass is 16.3. The number of carbonyl (C=O) groups excluding carboxylic acids is 2. The van der Waals surface area contributed by atoms with E-state index in [0.717, 1.165) is 16.7 Å². The van der Waals surface area contributed by atoms with Gasteiger partial charge in [0.15, 0.2) is 0 Å². The Balaban J connectivity index is 1.76. The maximum absolute atomic E-state index is 12.8. The maximum Gasteiger partial charge on any atom is 0.247 e. The van der Waals surface area contributed by atoms with Gasteiger partial charge < -0.3 is 15.3 Å². The number of aromatic hydroxyl groups is 1. The van der Waals surface area contributed by atoms with Crippen molar-refractivity contribution < 1.29 is 14.7 Å². The number of benzene rings is 2. The number of hydrogen-bond donors (Lipinski definition) is 2. The third-order valence-corrected chi connectivity index (χ3v) is 4.58. The summed E-state index contributed by atoms with van der Waals surface area (Å²) in [6, 6.07) is 14.0. The molecule has 5 heteroatoms. The van der Waals surface area contributed by atoms with Gasteiger partial charge >= 0.3 is 0 Å². The van der Waals surface area contributed by atoms with Gasteiger partial charge in [-0.3, -0.25) is 9.59 Å². The van der Waals surface area contributed by atoms with Crippen molar-refractivity contribution in [2.45, 2.75) is 25.8 Å². The predicted octanol–water partition coefficient (Wildman–Crippen LogP) is 2.33. The number of nitrogens with zero attached hydrogens (tertiary/aromatic N) is 1. The molecule has 2 amide bonds. The van der Waals surface area contributed by atoms with Gasteiger partial charge in [-0.2, -0.15) is 0 Å². The zero-order valence-electron chi connectivity index (χ0n) is 14.2. The van der Waals surface area contributed by atoms with E-state index in [1.54, 1.807) is 17.0 Å². The molecular weight excluding hydrogens is 316 g/mol. The summed E-state index contributed by atoms with van der Waals surface area (Å²) in [6.07, 6.45) is 0.915. The molecule has 1 unspecified atom stereocenters. The first-order chi connectivity index (χ1) is 12.1. The summed E-state index contributed by atoms with van der Waals surface area (Å²) < 4.78 is 0. The third-order valence-electron chi connectivity index (χ3n) is 4.58. The van der Waals surface area contributed by atoms with Crippen molar-refractivity contribution in [3.05, 3.63) is 65.2 Å². The average molecular weight is 338 g/mol. The van der Waals surface area contributed by atoms with E-state index < -0.39 is 6.04 Å². The van der Waals surface area contributed by atoms with Gasteiger partial charge in [0.2, 0.25) is 11.8 Å². The van der Waals surface area contributed by atoms with E-state index in [4.69, 9.17) is 0 Å². The summed E-state index contributed by atoms with van der Waals surface area (Å²) >= 11 is 0. The average Bonchev–Trinajstić information content (AvgIpc) is 2.61. The summed E-state index contributed by atoms with van der Waals surface area (Å²) in [5.74, 6) is 0.0529. The van der Waals surface area contributed by atoms with Crippen molar-refractivity contribution in [1.82, 2.24) is 10.2 Å². The summed E-state index contributed by atoms with van der Waals surface area (Å²) in [5.41, 5.74) is 2.86. The number of hydrogen-bond acceptors (Lipinski definition) is 3. The first-order valence-electron chi connectivity index (χ1n) is 8.47. The van der Waals surface area contributed by atoms with Crippen LogP contribution in [0.4, 0.5) is 0 Å². The number of rotatable bonds is 4. The predicted molar refractivity (Wildman–Crippen MR) is 95.1 cm³/mol. The molecule has 0 radical (unpaired) electrons. The van der Waals surface area contributed by atoms with E-state index in [1.807, 2.05) is 43.3 Å². The van der Waals surface area contributed by atoms with E-state index in [2.05, 4.69) is 5.32 Å². The highest BCUT2D eigenvalue weighted by molar-refractivity contribution is 5.90. The Hall–Kier alpha value is -2.82. The Morgan fingerprint density at radius 3 is 2.64 bits per heavy atom. The van der Waals surface area contributed by atoms with E-state index in [9.17, 15) is 14.7 Å². The minimum Gasteiger partial charge on any atom is -0.508 e. The zero-order valence-corrected chi connectivity index (χ0v) is 14.2. The Kier molecular flexibility index (Phi) is 5.03. The van der Waals surface area contributed by atoms with Crippen LogP contribution in [0.5, 0.6) is 5.75 Å². The maximum atomic E-state index is 12.8. The van der Waals surface area contributed by atoms with Crippen LogP contribution in [0, 0.1) is 6.92 Å². The van der Waals surface area contributed by atoms with Crippen molar-refractivity contribution in [1.29, 1.82) is 0 Å². The Bertz CT molecular complexity index is 771. The molecule has 0 bridgehead atoms. The Morgan fingerprint density at radius 2 is 1.92 bits per heavy atom. The molecule has 1 fully saturated rings. The summed E-state index contributed by atoms with van der Waals surface area (Å²) in [6.45, 7) is 2.95. The molecule has 1 aliphatic rings. The fraction of sp³-hybridized carbons (Fsp3) is 0.300. The van der Waals surface area contributed by atoms with Gasteiger partial charge in [0.1, 0.15) is 11.8 Å². The van der Waals surface area contributed by atoms with Gasteiger partial charge in [-0.05, 0) is 42.2 Å². The van der Waals surface area contributed by atoms with Crippen LogP contribution >= 0.6 is 0 Å². The van der Waals surface area contributed by atoms with Crippen LogP contribution in [0.2, 0.25) is 0 Å². The van der Waals surface area contributed by atoms with Crippen LogP contribution in [0.1, 0.15) is 29.2 Å². The molecule has 1 aliphatic heterocycles. The molecule has 2 N–H and O–H groups in total. The first kappa shape index (κ1) is 17.0. The third kappa shape index (κ3) is 3.82. The van der Waals surface area contributed by atoms with Crippen LogP contribution in [0.25, 0.3) is 0 Å². The molecule has 130 valence electrons. The second-order valence-corrected chi connectivity index (χ2v) is 6.30. The molecule has 0 aromatic heterocycles. The van der Waals surface area contributed by atoms with Crippen molar-refractivity contribution in [2.24, 2.45) is 0 Å². The zero-order chi connectivity index (χ0) is 17.8. The van der Waals surface area contributed by atoms with Crippen LogP contribution in [0.15, 0.2) is 48.5 Å². The number of carbonyl (C=O) groups is 2. The molecule has 2 aromatic carbocycles. The second kappa shape index (κ2) is 7.38. The number of nitrogens with one attached hydrogen (secondary N) is 1. The smallest absolute Gasteiger partial charge is 0.247 e. The minimum atomic E-state index is -0.567. The van der Waals surface area contributed by atoms with E-state index in [0.29, 0.717) is 25.9 Å². The topological polar surface area (TPSA) is 69.6 Å². The fourth-order valence-corrected chi connectivity index (χ4v) is 3.20. The van der Waals surface area contributed by atoms with Gasteiger partial charge in [-0.1, -0.05) is 36.4 Å². The van der Waals surface area contributed by atoms with Crippen LogP contribution in [-0.2, 0) is 16.0 Å². The molecule has 1 atom stereocenters. The van der Waals surface area contributed by atoms with Gasteiger partial charge in [0.25, 0.3) is 0 Å². The van der Waals surface area contributed by atoms with E-state index >= 15 is 0 Å². The van der Waals surface area contributed by atoms with Crippen LogP contribution < -0.4 is 5.32 Å². The molecule has 0 saturated carbocycles. The monoisotopic (exact) mass is 338 g/mol. The molecule has 5 nitrogen and oxygen atoms in total. The lowest BCUT2D eigenvalue weighted by Gasteiger charge is -2.36. The van der Waals surface area contributed by atoms with Crippen LogP contribution in [0.3, 0.4) is 0 Å². The molecular formula is C20H22N2O3. The van der Waals surface area contributed by atoms with E-state index in [-0.39, 0.29) is 17.6 Å². The SMILES string of the molecule is Cc1ccccc1C1C(=O)NCCN1C(=O)CCc1ccc(O)cc1. The Labute approximate surface area is 147 Å². The molecule has 25 heavy (non-hydrogen) atoms. The van der Waals surface area contributed by atoms with Crippen LogP contribution in [-0.4, -0.2) is 34.9 Å². The fourth-order valence-electron chi connectivity index (χ4n) is 3.20. The van der Waals surface area contributed by atoms with Crippen molar-refractivity contribution in [3.8, 4) is 5.75 Å². The molecule has 1 saturated heterocycles. The normalized spacial score (nSPS) is 17.2. The lowest BCUT2D eigenvalue weighted by Crippen LogP contribution is -2.52. The molecule has 1 heterocycles. The van der Waals surface area contributed by atoms with E-state index in [1.165, 1.54) is 0 Å². The number of amides is 2. The van der Waals surface area contributed by atoms with Gasteiger partial charge in [-0.25, -0.2) is 0 Å². The van der Waals surface area contributed by atoms with Gasteiger partial charge in [0, 0.05) is 19.5 Å². The van der Waals surface area contributed by atoms with Crippen molar-refractivity contribution >= 4 is 11.8 Å². The summed E-state index contributed by atoms with van der Waals surface area (Å²) in [4.78, 5) is 26.9. The van der Waals surface area contributed by atoms with Crippen molar-refractivity contribution in [3.63, 3.8) is 0 Å². The highest BCUT2D eigenvalue weighted by Gasteiger charge is 2.34. The van der Waals surface area contributed by atoms with Gasteiger partial charge in [-0.15, -0.1) is 0 Å². The Morgan fingerprint density at radius 1 is 1.20 bits per heavy atom. The molecule has 0 aliphatic carbocycles. The summed E-state index contributed by atoms with van der Waals surface area (Å²) in [5, 5.41) is 12.2. The lowest BCUT2D eigenvalue weighted by molar-refractivity contribution is -0.143. The minimum absolute atomic E-state index is 0.0313. The largest absolute Gasteiger partial charge is 0.508 e. The standard InChI is InChI=1S/C20H22N2O3/c1-14-4-2-3-5-17(14)19-20(25)21-12-13-22(19)18(24)11-8-15-6-9-16(23)10-7-15/h2-7,9-10,19,23H,8,11-13H2,1H3,(H,21,25). The molecule has 3 rings (SSSR count). The quantitative estimate of drug-likeness (QED) is 0.899. The number of phenols is 1. The summed E-state index contributed by atoms with van der Waals surface area (Å²) in [7, 11) is 0. The molecule has 0 spiro atoms. The number of piperazine rings is 1. The number of aryl methyl sites for hydroxylation is 2. The number of phenolic OH excluding ortho intramolecular Hbond substituents is 1. The van der Waals surface area contributed by atoms with Gasteiger partial charge in [0.05, 0.1) is 0 Å². The first-order valence-corrected chi connectivity index (χ1v) is 8.47. The van der Waals surface area contributed by atoms with Crippen molar-refractivity contribution in [2.75, 3.05) is 13.1 Å².